The number of imidazole rings is 2. The van der Waals surface area contributed by atoms with E-state index in [2.05, 4.69) is 29.0 Å². The summed E-state index contributed by atoms with van der Waals surface area (Å²) < 4.78 is 3.88. The zero-order chi connectivity index (χ0) is 22.1. The van der Waals surface area contributed by atoms with Crippen molar-refractivity contribution in [2.45, 2.75) is 31.0 Å². The first-order valence-electron chi connectivity index (χ1n) is 10.8. The van der Waals surface area contributed by atoms with Gasteiger partial charge >= 0.3 is 5.69 Å². The van der Waals surface area contributed by atoms with Gasteiger partial charge in [0, 0.05) is 31.5 Å². The van der Waals surface area contributed by atoms with Crippen molar-refractivity contribution in [2.24, 2.45) is 0 Å². The van der Waals surface area contributed by atoms with Crippen molar-refractivity contribution in [3.63, 3.8) is 0 Å². The van der Waals surface area contributed by atoms with E-state index in [4.69, 9.17) is 0 Å². The summed E-state index contributed by atoms with van der Waals surface area (Å²) >= 11 is 1.46. The zero-order valence-electron chi connectivity index (χ0n) is 17.9. The van der Waals surface area contributed by atoms with Crippen molar-refractivity contribution in [1.29, 1.82) is 0 Å². The fraction of sp³-hybridized carbons (Fsp3) is 0.292. The first kappa shape index (κ1) is 20.6. The summed E-state index contributed by atoms with van der Waals surface area (Å²) in [5, 5.41) is 0.813. The maximum Gasteiger partial charge on any atom is 0.326 e. The number of rotatable bonds is 5. The zero-order valence-corrected chi connectivity index (χ0v) is 18.7. The van der Waals surface area contributed by atoms with Gasteiger partial charge in [-0.05, 0) is 43.5 Å². The number of para-hydroxylation sites is 3. The Morgan fingerprint density at radius 1 is 1.12 bits per heavy atom. The second-order valence-corrected chi connectivity index (χ2v) is 9.03. The maximum absolute atomic E-state index is 12.9. The first-order valence-corrected chi connectivity index (χ1v) is 11.8. The van der Waals surface area contributed by atoms with E-state index in [1.165, 1.54) is 11.8 Å². The van der Waals surface area contributed by atoms with Crippen LogP contribution in [-0.2, 0) is 4.79 Å². The van der Waals surface area contributed by atoms with E-state index in [1.54, 1.807) is 6.20 Å². The molecular weight excluding hydrogens is 422 g/mol. The smallest absolute Gasteiger partial charge is 0.326 e. The summed E-state index contributed by atoms with van der Waals surface area (Å²) in [6, 6.07) is 16.0. The topological polar surface area (TPSA) is 75.9 Å². The number of likely N-dealkylation sites (tertiary alicyclic amines) is 1. The molecule has 3 heterocycles. The van der Waals surface area contributed by atoms with Crippen LogP contribution < -0.4 is 5.69 Å². The van der Waals surface area contributed by atoms with E-state index >= 15 is 0 Å². The Hall–Kier alpha value is -3.26. The van der Waals surface area contributed by atoms with Crippen LogP contribution in [0.1, 0.15) is 24.4 Å². The number of carbonyl (C=O) groups excluding carboxylic acids is 1. The van der Waals surface area contributed by atoms with Crippen molar-refractivity contribution in [3.05, 3.63) is 77.0 Å². The lowest BCUT2D eigenvalue weighted by atomic mass is 10.0. The standard InChI is InChI=1S/C24H25N5O2S/c1-17-6-2-4-8-20(17)28-15-12-25-24(28)32-16-22(30)27-13-10-18(11-14-27)29-21-9-5-3-7-19(21)26-23(29)31/h2-9,12,15,18H,10-11,13-14,16H2,1H3,(H,26,31). The molecule has 2 aromatic heterocycles. The maximum atomic E-state index is 12.9. The number of thioether (sulfide) groups is 1. The lowest BCUT2D eigenvalue weighted by molar-refractivity contribution is -0.129. The highest BCUT2D eigenvalue weighted by atomic mass is 32.2. The molecule has 5 rings (SSSR count). The Bertz CT molecular complexity index is 1310. The molecule has 0 unspecified atom stereocenters. The fourth-order valence-corrected chi connectivity index (χ4v) is 5.31. The largest absolute Gasteiger partial charge is 0.342 e. The molecule has 1 aliphatic rings. The van der Waals surface area contributed by atoms with Gasteiger partial charge in [-0.1, -0.05) is 42.1 Å². The molecule has 0 radical (unpaired) electrons. The van der Waals surface area contributed by atoms with Crippen LogP contribution >= 0.6 is 11.8 Å². The van der Waals surface area contributed by atoms with E-state index in [1.807, 2.05) is 56.6 Å². The van der Waals surface area contributed by atoms with E-state index in [9.17, 15) is 9.59 Å². The van der Waals surface area contributed by atoms with E-state index in [-0.39, 0.29) is 17.6 Å². The SMILES string of the molecule is Cc1ccccc1-n1ccnc1SCC(=O)N1CCC(n2c(=O)[nH]c3ccccc32)CC1. The number of nitrogens with zero attached hydrogens (tertiary/aromatic N) is 4. The summed E-state index contributed by atoms with van der Waals surface area (Å²) in [4.78, 5) is 34.6. The molecule has 0 saturated carbocycles. The molecule has 32 heavy (non-hydrogen) atoms. The number of aryl methyl sites for hydroxylation is 1. The second-order valence-electron chi connectivity index (χ2n) is 8.08. The molecule has 164 valence electrons. The minimum atomic E-state index is -0.0745. The molecule has 1 fully saturated rings. The van der Waals surface area contributed by atoms with Crippen LogP contribution in [0.5, 0.6) is 0 Å². The Morgan fingerprint density at radius 2 is 1.88 bits per heavy atom. The lowest BCUT2D eigenvalue weighted by Gasteiger charge is -2.32. The van der Waals surface area contributed by atoms with Crippen molar-refractivity contribution >= 4 is 28.7 Å². The van der Waals surface area contributed by atoms with Gasteiger partial charge in [-0.3, -0.25) is 13.9 Å². The van der Waals surface area contributed by atoms with Gasteiger partial charge in [0.2, 0.25) is 5.91 Å². The van der Waals surface area contributed by atoms with Gasteiger partial charge in [-0.2, -0.15) is 0 Å². The minimum Gasteiger partial charge on any atom is -0.342 e. The monoisotopic (exact) mass is 447 g/mol. The van der Waals surface area contributed by atoms with Crippen molar-refractivity contribution in [3.8, 4) is 5.69 Å². The molecular formula is C24H25N5O2S. The van der Waals surface area contributed by atoms with Crippen LogP contribution in [0.15, 0.2) is 70.9 Å². The number of H-pyrrole nitrogens is 1. The molecule has 1 aliphatic heterocycles. The third kappa shape index (κ3) is 3.86. The number of benzene rings is 2. The summed E-state index contributed by atoms with van der Waals surface area (Å²) in [7, 11) is 0. The van der Waals surface area contributed by atoms with Crippen LogP contribution in [0.3, 0.4) is 0 Å². The summed E-state index contributed by atoms with van der Waals surface area (Å²) in [5.74, 6) is 0.458. The fourth-order valence-electron chi connectivity index (χ4n) is 4.44. The molecule has 4 aromatic rings. The van der Waals surface area contributed by atoms with Gasteiger partial charge in [0.15, 0.2) is 5.16 Å². The van der Waals surface area contributed by atoms with Gasteiger partial charge in [-0.15, -0.1) is 0 Å². The van der Waals surface area contributed by atoms with Gasteiger partial charge in [0.1, 0.15) is 0 Å². The third-order valence-electron chi connectivity index (χ3n) is 6.11. The average molecular weight is 448 g/mol. The second kappa shape index (κ2) is 8.70. The van der Waals surface area contributed by atoms with Crippen LogP contribution in [0.2, 0.25) is 0 Å². The Balaban J connectivity index is 1.22. The average Bonchev–Trinajstić information content (AvgIpc) is 3.41. The number of hydrogen-bond acceptors (Lipinski definition) is 4. The van der Waals surface area contributed by atoms with Gasteiger partial charge in [0.25, 0.3) is 0 Å². The number of piperidine rings is 1. The molecule has 8 heteroatoms. The number of hydrogen-bond donors (Lipinski definition) is 1. The quantitative estimate of drug-likeness (QED) is 0.473. The highest BCUT2D eigenvalue weighted by Crippen LogP contribution is 2.27. The third-order valence-corrected chi connectivity index (χ3v) is 7.06. The van der Waals surface area contributed by atoms with Gasteiger partial charge in [0.05, 0.1) is 22.5 Å². The van der Waals surface area contributed by atoms with Crippen molar-refractivity contribution < 1.29 is 4.79 Å². The van der Waals surface area contributed by atoms with Crippen LogP contribution in [0.4, 0.5) is 0 Å². The molecule has 0 bridgehead atoms. The first-order chi connectivity index (χ1) is 15.6. The Labute approximate surface area is 190 Å². The molecule has 0 spiro atoms. The normalized spacial score (nSPS) is 14.8. The summed E-state index contributed by atoms with van der Waals surface area (Å²) in [5.41, 5.74) is 3.95. The number of aromatic amines is 1. The highest BCUT2D eigenvalue weighted by molar-refractivity contribution is 7.99. The number of aromatic nitrogens is 4. The van der Waals surface area contributed by atoms with Gasteiger partial charge < -0.3 is 9.88 Å². The van der Waals surface area contributed by atoms with Crippen molar-refractivity contribution in [1.82, 2.24) is 24.0 Å². The summed E-state index contributed by atoms with van der Waals surface area (Å²) in [6.45, 7) is 3.38. The molecule has 7 nitrogen and oxygen atoms in total. The van der Waals surface area contributed by atoms with E-state index in [0.717, 1.165) is 40.3 Å². The predicted octanol–water partition coefficient (Wildman–Crippen LogP) is 3.78. The number of carbonyl (C=O) groups is 1. The highest BCUT2D eigenvalue weighted by Gasteiger charge is 2.26. The summed E-state index contributed by atoms with van der Waals surface area (Å²) in [6.07, 6.45) is 5.25. The van der Waals surface area contributed by atoms with Crippen molar-refractivity contribution in [2.75, 3.05) is 18.8 Å². The molecule has 0 aliphatic carbocycles. The Morgan fingerprint density at radius 3 is 2.69 bits per heavy atom. The molecule has 1 amide bonds. The van der Waals surface area contributed by atoms with E-state index < -0.39 is 0 Å². The minimum absolute atomic E-state index is 0.0745. The van der Waals surface area contributed by atoms with E-state index in [0.29, 0.717) is 18.8 Å². The van der Waals surface area contributed by atoms with Crippen LogP contribution in [0.25, 0.3) is 16.7 Å². The van der Waals surface area contributed by atoms with Crippen LogP contribution in [0, 0.1) is 6.92 Å². The Kier molecular flexibility index (Phi) is 5.61. The molecule has 2 aromatic carbocycles. The molecule has 0 atom stereocenters. The van der Waals surface area contributed by atoms with Crippen LogP contribution in [-0.4, -0.2) is 48.8 Å². The van der Waals surface area contributed by atoms with Gasteiger partial charge in [-0.25, -0.2) is 9.78 Å². The lowest BCUT2D eigenvalue weighted by Crippen LogP contribution is -2.41. The molecule has 1 saturated heterocycles. The number of fused-ring (bicyclic) bond motifs is 1. The number of nitrogens with one attached hydrogen (secondary N) is 1. The predicted molar refractivity (Wildman–Crippen MR) is 126 cm³/mol. The number of amides is 1. The molecule has 1 N–H and O–H groups in total.